The van der Waals surface area contributed by atoms with Gasteiger partial charge in [-0.25, -0.2) is 4.68 Å². The highest BCUT2D eigenvalue weighted by Crippen LogP contribution is 2.38. The molecule has 5 nitrogen and oxygen atoms in total. The van der Waals surface area contributed by atoms with Crippen LogP contribution < -0.4 is 4.74 Å². The minimum absolute atomic E-state index is 0.591. The molecule has 5 aromatic rings. The second-order valence-corrected chi connectivity index (χ2v) is 9.61. The van der Waals surface area contributed by atoms with E-state index in [-0.39, 0.29) is 0 Å². The molecule has 1 saturated carbocycles. The molecular weight excluding hydrogens is 434 g/mol. The number of rotatable bonds is 6. The highest BCUT2D eigenvalue weighted by Gasteiger charge is 2.27. The van der Waals surface area contributed by atoms with Crippen LogP contribution in [0.5, 0.6) is 5.75 Å². The first-order valence-electron chi connectivity index (χ1n) is 12.3. The lowest BCUT2D eigenvalue weighted by atomic mass is 10.1. The molecule has 35 heavy (non-hydrogen) atoms. The quantitative estimate of drug-likeness (QED) is 0.221. The fraction of sp³-hybridized carbons (Fsp3) is 0.200. The third-order valence-corrected chi connectivity index (χ3v) is 7.11. The van der Waals surface area contributed by atoms with E-state index in [4.69, 9.17) is 9.84 Å². The average molecular weight is 460 g/mol. The molecule has 7 rings (SSSR count). The average Bonchev–Trinajstić information content (AvgIpc) is 3.55. The molecule has 0 radical (unpaired) electrons. The third kappa shape index (κ3) is 3.55. The zero-order valence-electron chi connectivity index (χ0n) is 19.4. The Kier molecular flexibility index (Phi) is 4.62. The minimum atomic E-state index is 0.591. The molecule has 0 N–H and O–H groups in total. The molecule has 5 heteroatoms. The molecule has 2 aliphatic rings. The number of hydrogen-bond donors (Lipinski definition) is 0. The summed E-state index contributed by atoms with van der Waals surface area (Å²) in [5.74, 6) is 2.57. The van der Waals surface area contributed by atoms with Crippen LogP contribution in [0.1, 0.15) is 40.0 Å². The number of ether oxygens (including phenoxy) is 1. The summed E-state index contributed by atoms with van der Waals surface area (Å²) in [7, 11) is 0. The molecule has 0 saturated heterocycles. The molecule has 0 spiro atoms. The molecule has 3 aromatic carbocycles. The molecule has 3 heterocycles. The van der Waals surface area contributed by atoms with E-state index in [1.165, 1.54) is 34.9 Å². The lowest BCUT2D eigenvalue weighted by Crippen LogP contribution is -2.15. The maximum Gasteiger partial charge on any atom is 0.150 e. The lowest BCUT2D eigenvalue weighted by Gasteiger charge is -2.17. The van der Waals surface area contributed by atoms with E-state index in [2.05, 4.69) is 69.9 Å². The standard InChI is InChI=1S/C30H25N3O2/c34-19-23-15-25-30-27(12-13-35-28(30)16-23)33(31-25)29-17-24-14-21(7-6-20-4-2-1-3-5-20)10-11-26(24)32(29)18-22-8-9-22/h1-7,10-11,14-17,19,22H,8-9,12-13,18H2. The van der Waals surface area contributed by atoms with Crippen molar-refractivity contribution in [3.05, 3.63) is 89.1 Å². The zero-order valence-corrected chi connectivity index (χ0v) is 19.4. The zero-order chi connectivity index (χ0) is 23.4. The van der Waals surface area contributed by atoms with E-state index < -0.39 is 0 Å². The molecular formula is C30H25N3O2. The summed E-state index contributed by atoms with van der Waals surface area (Å²) in [6, 6.07) is 23.0. The van der Waals surface area contributed by atoms with Crippen molar-refractivity contribution in [2.75, 3.05) is 6.61 Å². The number of benzene rings is 3. The molecule has 0 amide bonds. The Morgan fingerprint density at radius 3 is 2.63 bits per heavy atom. The summed E-state index contributed by atoms with van der Waals surface area (Å²) in [6.45, 7) is 1.59. The first-order valence-corrected chi connectivity index (χ1v) is 12.3. The Bertz CT molecular complexity index is 1620. The van der Waals surface area contributed by atoms with E-state index in [1.54, 1.807) is 0 Å². The van der Waals surface area contributed by atoms with Crippen LogP contribution in [0.3, 0.4) is 0 Å². The van der Waals surface area contributed by atoms with Gasteiger partial charge in [0.15, 0.2) is 0 Å². The van der Waals surface area contributed by atoms with Crippen LogP contribution in [-0.4, -0.2) is 27.2 Å². The van der Waals surface area contributed by atoms with Gasteiger partial charge in [-0.2, -0.15) is 5.10 Å². The first-order chi connectivity index (χ1) is 17.3. The van der Waals surface area contributed by atoms with Gasteiger partial charge in [0.1, 0.15) is 17.9 Å². The first kappa shape index (κ1) is 20.3. The van der Waals surface area contributed by atoms with Gasteiger partial charge in [0, 0.05) is 29.4 Å². The fourth-order valence-corrected chi connectivity index (χ4v) is 5.19. The van der Waals surface area contributed by atoms with E-state index in [9.17, 15) is 4.79 Å². The smallest absolute Gasteiger partial charge is 0.150 e. The van der Waals surface area contributed by atoms with E-state index in [1.807, 2.05) is 18.2 Å². The van der Waals surface area contributed by atoms with Gasteiger partial charge in [-0.15, -0.1) is 0 Å². The molecule has 0 bridgehead atoms. The molecule has 1 fully saturated rings. The van der Waals surface area contributed by atoms with Crippen molar-refractivity contribution in [1.82, 2.24) is 14.3 Å². The largest absolute Gasteiger partial charge is 0.492 e. The van der Waals surface area contributed by atoms with E-state index >= 15 is 0 Å². The molecule has 0 atom stereocenters. The van der Waals surface area contributed by atoms with Gasteiger partial charge < -0.3 is 9.30 Å². The minimum Gasteiger partial charge on any atom is -0.492 e. The highest BCUT2D eigenvalue weighted by molar-refractivity contribution is 5.94. The Labute approximate surface area is 203 Å². The maximum absolute atomic E-state index is 11.5. The number of hydrogen-bond acceptors (Lipinski definition) is 3. The topological polar surface area (TPSA) is 49.0 Å². The summed E-state index contributed by atoms with van der Waals surface area (Å²) in [5.41, 5.74) is 6.16. The number of carbonyl (C=O) groups excluding carboxylic acids is 1. The summed E-state index contributed by atoms with van der Waals surface area (Å²) in [4.78, 5) is 11.5. The fourth-order valence-electron chi connectivity index (χ4n) is 5.19. The molecule has 1 aliphatic heterocycles. The van der Waals surface area contributed by atoms with Gasteiger partial charge in [0.2, 0.25) is 0 Å². The van der Waals surface area contributed by atoms with Crippen LogP contribution in [0, 0.1) is 5.92 Å². The normalized spacial score (nSPS) is 15.2. The van der Waals surface area contributed by atoms with E-state index in [0.717, 1.165) is 53.3 Å². The Morgan fingerprint density at radius 1 is 0.943 bits per heavy atom. The van der Waals surface area contributed by atoms with Gasteiger partial charge in [-0.1, -0.05) is 48.6 Å². The molecule has 0 unspecified atom stereocenters. The Balaban J connectivity index is 1.38. The summed E-state index contributed by atoms with van der Waals surface area (Å²) in [6.07, 6.45) is 8.54. The number of carbonyl (C=O) groups is 1. The highest BCUT2D eigenvalue weighted by atomic mass is 16.5. The van der Waals surface area contributed by atoms with Crippen LogP contribution in [0.15, 0.2) is 66.7 Å². The van der Waals surface area contributed by atoms with Gasteiger partial charge in [0.25, 0.3) is 0 Å². The van der Waals surface area contributed by atoms with Gasteiger partial charge >= 0.3 is 0 Å². The van der Waals surface area contributed by atoms with Gasteiger partial charge in [0.05, 0.1) is 23.2 Å². The Morgan fingerprint density at radius 2 is 1.80 bits per heavy atom. The van der Waals surface area contributed by atoms with E-state index in [0.29, 0.717) is 12.2 Å². The molecule has 1 aliphatic carbocycles. The van der Waals surface area contributed by atoms with Crippen molar-refractivity contribution < 1.29 is 9.53 Å². The monoisotopic (exact) mass is 459 g/mol. The number of nitrogens with zero attached hydrogens (tertiary/aromatic N) is 3. The second-order valence-electron chi connectivity index (χ2n) is 9.61. The van der Waals surface area contributed by atoms with Crippen LogP contribution in [0.25, 0.3) is 39.8 Å². The van der Waals surface area contributed by atoms with Crippen LogP contribution >= 0.6 is 0 Å². The van der Waals surface area contributed by atoms with Gasteiger partial charge in [-0.3, -0.25) is 4.79 Å². The number of aromatic nitrogens is 3. The Hall–Kier alpha value is -4.12. The maximum atomic E-state index is 11.5. The van der Waals surface area contributed by atoms with Crippen LogP contribution in [0.4, 0.5) is 0 Å². The van der Waals surface area contributed by atoms with Crippen molar-refractivity contribution in [2.24, 2.45) is 5.92 Å². The number of fused-ring (bicyclic) bond motifs is 1. The van der Waals surface area contributed by atoms with Crippen LogP contribution in [-0.2, 0) is 13.0 Å². The van der Waals surface area contributed by atoms with Crippen LogP contribution in [0.2, 0.25) is 0 Å². The van der Waals surface area contributed by atoms with Crippen molar-refractivity contribution in [3.8, 4) is 11.6 Å². The summed E-state index contributed by atoms with van der Waals surface area (Å²) in [5, 5.41) is 7.22. The van der Waals surface area contributed by atoms with Gasteiger partial charge in [-0.05, 0) is 60.2 Å². The number of aldehydes is 1. The predicted molar refractivity (Wildman–Crippen MR) is 139 cm³/mol. The van der Waals surface area contributed by atoms with Crippen molar-refractivity contribution in [1.29, 1.82) is 0 Å². The second kappa shape index (κ2) is 7.98. The molecule has 2 aromatic heterocycles. The molecule has 172 valence electrons. The SMILES string of the molecule is O=Cc1cc2c3c(n(-c4cc5cc(C=Cc6ccccc6)ccc5n4CC4CC4)nc3c1)CCO2. The lowest BCUT2D eigenvalue weighted by molar-refractivity contribution is 0.112. The third-order valence-electron chi connectivity index (χ3n) is 7.11. The van der Waals surface area contributed by atoms with Crippen molar-refractivity contribution >= 4 is 40.2 Å². The van der Waals surface area contributed by atoms with Crippen molar-refractivity contribution in [2.45, 2.75) is 25.8 Å². The predicted octanol–water partition coefficient (Wildman–Crippen LogP) is 6.31. The summed E-state index contributed by atoms with van der Waals surface area (Å²) < 4.78 is 10.4. The summed E-state index contributed by atoms with van der Waals surface area (Å²) >= 11 is 0. The van der Waals surface area contributed by atoms with Crippen molar-refractivity contribution in [3.63, 3.8) is 0 Å².